The standard InChI is InChI=1S/C20H33N3O2/c1-3-21-19(22-14-17-8-4-5-9-18(17)15-24)23-16-20(12-13-25-2)10-6-7-11-20/h4-5,8-9,24H,3,6-7,10-16H2,1-2H3,(H2,21,22,23). The zero-order valence-corrected chi connectivity index (χ0v) is 15.7. The van der Waals surface area contributed by atoms with Crippen molar-refractivity contribution in [2.75, 3.05) is 26.8 Å². The predicted octanol–water partition coefficient (Wildman–Crippen LogP) is 2.83. The van der Waals surface area contributed by atoms with Crippen LogP contribution < -0.4 is 10.6 Å². The van der Waals surface area contributed by atoms with E-state index in [0.29, 0.717) is 12.0 Å². The second-order valence-electron chi connectivity index (χ2n) is 6.93. The van der Waals surface area contributed by atoms with Gasteiger partial charge in [0.1, 0.15) is 0 Å². The SMILES string of the molecule is CCNC(=NCc1ccccc1CO)NCC1(CCOC)CCCC1. The van der Waals surface area contributed by atoms with Crippen LogP contribution in [-0.2, 0) is 17.9 Å². The third-order valence-corrected chi connectivity index (χ3v) is 5.17. The topological polar surface area (TPSA) is 65.9 Å². The molecule has 5 heteroatoms. The number of rotatable bonds is 9. The molecule has 1 aromatic rings. The van der Waals surface area contributed by atoms with Gasteiger partial charge in [-0.25, -0.2) is 4.99 Å². The van der Waals surface area contributed by atoms with Gasteiger partial charge in [0.15, 0.2) is 5.96 Å². The van der Waals surface area contributed by atoms with Crippen LogP contribution in [-0.4, -0.2) is 37.9 Å². The molecule has 1 saturated carbocycles. The maximum Gasteiger partial charge on any atom is 0.191 e. The Hall–Kier alpha value is -1.59. The van der Waals surface area contributed by atoms with E-state index in [-0.39, 0.29) is 6.61 Å². The molecule has 0 spiro atoms. The Morgan fingerprint density at radius 1 is 1.20 bits per heavy atom. The van der Waals surface area contributed by atoms with Crippen LogP contribution in [0.3, 0.4) is 0 Å². The fourth-order valence-corrected chi connectivity index (χ4v) is 3.60. The average molecular weight is 348 g/mol. The molecule has 0 atom stereocenters. The van der Waals surface area contributed by atoms with Gasteiger partial charge in [0.05, 0.1) is 13.2 Å². The molecule has 1 fully saturated rings. The third-order valence-electron chi connectivity index (χ3n) is 5.17. The van der Waals surface area contributed by atoms with Gasteiger partial charge in [0, 0.05) is 26.8 Å². The number of benzene rings is 1. The fourth-order valence-electron chi connectivity index (χ4n) is 3.60. The molecule has 1 aliphatic carbocycles. The third kappa shape index (κ3) is 6.01. The summed E-state index contributed by atoms with van der Waals surface area (Å²) in [6.07, 6.45) is 6.24. The molecule has 140 valence electrons. The summed E-state index contributed by atoms with van der Waals surface area (Å²) in [4.78, 5) is 4.72. The highest BCUT2D eigenvalue weighted by Gasteiger charge is 2.33. The quantitative estimate of drug-likeness (QED) is 0.475. The van der Waals surface area contributed by atoms with E-state index in [0.717, 1.165) is 43.2 Å². The van der Waals surface area contributed by atoms with Crippen LogP contribution in [0.25, 0.3) is 0 Å². The molecule has 3 N–H and O–H groups in total. The Morgan fingerprint density at radius 2 is 1.92 bits per heavy atom. The highest BCUT2D eigenvalue weighted by molar-refractivity contribution is 5.79. The first kappa shape index (κ1) is 19.7. The maximum absolute atomic E-state index is 9.46. The molecule has 1 aliphatic rings. The van der Waals surface area contributed by atoms with E-state index in [1.807, 2.05) is 24.3 Å². The van der Waals surface area contributed by atoms with E-state index in [1.165, 1.54) is 25.7 Å². The van der Waals surface area contributed by atoms with Gasteiger partial charge >= 0.3 is 0 Å². The first-order chi connectivity index (χ1) is 12.2. The first-order valence-corrected chi connectivity index (χ1v) is 9.42. The number of nitrogens with one attached hydrogen (secondary N) is 2. The summed E-state index contributed by atoms with van der Waals surface area (Å²) in [6, 6.07) is 7.91. The van der Waals surface area contributed by atoms with Crippen LogP contribution in [0.5, 0.6) is 0 Å². The van der Waals surface area contributed by atoms with E-state index < -0.39 is 0 Å². The maximum atomic E-state index is 9.46. The Bertz CT molecular complexity index is 539. The lowest BCUT2D eigenvalue weighted by atomic mass is 9.83. The van der Waals surface area contributed by atoms with Gasteiger partial charge in [-0.2, -0.15) is 0 Å². The Kier molecular flexibility index (Phi) is 8.22. The molecule has 0 amide bonds. The van der Waals surface area contributed by atoms with Gasteiger partial charge < -0.3 is 20.5 Å². The zero-order chi connectivity index (χ0) is 18.0. The summed E-state index contributed by atoms with van der Waals surface area (Å²) in [6.45, 7) is 5.28. The Labute approximate surface area is 151 Å². The van der Waals surface area contributed by atoms with Crippen LogP contribution in [0.2, 0.25) is 0 Å². The number of ether oxygens (including phenoxy) is 1. The van der Waals surface area contributed by atoms with Crippen LogP contribution >= 0.6 is 0 Å². The molecule has 0 bridgehead atoms. The molecular formula is C20H33N3O2. The minimum absolute atomic E-state index is 0.0514. The summed E-state index contributed by atoms with van der Waals surface area (Å²) in [5, 5.41) is 16.3. The first-order valence-electron chi connectivity index (χ1n) is 9.42. The van der Waals surface area contributed by atoms with E-state index >= 15 is 0 Å². The average Bonchev–Trinajstić information content (AvgIpc) is 3.12. The monoisotopic (exact) mass is 347 g/mol. The number of nitrogens with zero attached hydrogens (tertiary/aromatic N) is 1. The van der Waals surface area contributed by atoms with Crippen molar-refractivity contribution in [3.63, 3.8) is 0 Å². The zero-order valence-electron chi connectivity index (χ0n) is 15.7. The van der Waals surface area contributed by atoms with Gasteiger partial charge in [0.2, 0.25) is 0 Å². The highest BCUT2D eigenvalue weighted by atomic mass is 16.5. The van der Waals surface area contributed by atoms with Crippen LogP contribution in [0.1, 0.15) is 50.2 Å². The van der Waals surface area contributed by atoms with Crippen LogP contribution in [0.15, 0.2) is 29.3 Å². The summed E-state index contributed by atoms with van der Waals surface area (Å²) in [7, 11) is 1.78. The number of aliphatic imine (C=N–C) groups is 1. The largest absolute Gasteiger partial charge is 0.392 e. The minimum atomic E-state index is 0.0514. The van der Waals surface area contributed by atoms with E-state index in [2.05, 4.69) is 17.6 Å². The molecule has 5 nitrogen and oxygen atoms in total. The van der Waals surface area contributed by atoms with Crippen molar-refractivity contribution in [2.45, 2.75) is 52.2 Å². The van der Waals surface area contributed by atoms with Crippen molar-refractivity contribution >= 4 is 5.96 Å². The molecular weight excluding hydrogens is 314 g/mol. The molecule has 0 saturated heterocycles. The number of hydrogen-bond donors (Lipinski definition) is 3. The summed E-state index contributed by atoms with van der Waals surface area (Å²) < 4.78 is 5.32. The van der Waals surface area contributed by atoms with Gasteiger partial charge in [-0.15, -0.1) is 0 Å². The molecule has 25 heavy (non-hydrogen) atoms. The molecule has 2 rings (SSSR count). The summed E-state index contributed by atoms with van der Waals surface area (Å²) in [5.41, 5.74) is 2.33. The Morgan fingerprint density at radius 3 is 2.56 bits per heavy atom. The lowest BCUT2D eigenvalue weighted by Gasteiger charge is -2.30. The predicted molar refractivity (Wildman–Crippen MR) is 103 cm³/mol. The van der Waals surface area contributed by atoms with E-state index in [1.54, 1.807) is 7.11 Å². The van der Waals surface area contributed by atoms with E-state index in [9.17, 15) is 5.11 Å². The van der Waals surface area contributed by atoms with Gasteiger partial charge in [0.25, 0.3) is 0 Å². The van der Waals surface area contributed by atoms with Crippen molar-refractivity contribution in [3.8, 4) is 0 Å². The molecule has 1 aromatic carbocycles. The van der Waals surface area contributed by atoms with Crippen molar-refractivity contribution in [1.29, 1.82) is 0 Å². The van der Waals surface area contributed by atoms with E-state index in [4.69, 9.17) is 9.73 Å². The van der Waals surface area contributed by atoms with Crippen molar-refractivity contribution in [3.05, 3.63) is 35.4 Å². The highest BCUT2D eigenvalue weighted by Crippen LogP contribution is 2.40. The normalized spacial score (nSPS) is 16.8. The second-order valence-corrected chi connectivity index (χ2v) is 6.93. The van der Waals surface area contributed by atoms with Gasteiger partial charge in [-0.1, -0.05) is 37.1 Å². The number of hydrogen-bond acceptors (Lipinski definition) is 3. The lowest BCUT2D eigenvalue weighted by Crippen LogP contribution is -2.43. The molecule has 0 aromatic heterocycles. The summed E-state index contributed by atoms with van der Waals surface area (Å²) in [5.74, 6) is 0.846. The number of guanidine groups is 1. The summed E-state index contributed by atoms with van der Waals surface area (Å²) >= 11 is 0. The molecule has 0 unspecified atom stereocenters. The molecule has 0 radical (unpaired) electrons. The van der Waals surface area contributed by atoms with Crippen molar-refractivity contribution in [2.24, 2.45) is 10.4 Å². The number of aliphatic hydroxyl groups is 1. The number of methoxy groups -OCH3 is 1. The lowest BCUT2D eigenvalue weighted by molar-refractivity contribution is 0.138. The molecule has 0 heterocycles. The van der Waals surface area contributed by atoms with Crippen LogP contribution in [0.4, 0.5) is 0 Å². The van der Waals surface area contributed by atoms with Gasteiger partial charge in [-0.3, -0.25) is 0 Å². The number of aliphatic hydroxyl groups excluding tert-OH is 1. The smallest absolute Gasteiger partial charge is 0.191 e. The van der Waals surface area contributed by atoms with Crippen molar-refractivity contribution < 1.29 is 9.84 Å². The molecule has 0 aliphatic heterocycles. The van der Waals surface area contributed by atoms with Crippen LogP contribution in [0, 0.1) is 5.41 Å². The van der Waals surface area contributed by atoms with Gasteiger partial charge in [-0.05, 0) is 42.7 Å². The van der Waals surface area contributed by atoms with Crippen molar-refractivity contribution in [1.82, 2.24) is 10.6 Å². The Balaban J connectivity index is 1.99. The fraction of sp³-hybridized carbons (Fsp3) is 0.650. The minimum Gasteiger partial charge on any atom is -0.392 e. The second kappa shape index (κ2) is 10.4.